The minimum Gasteiger partial charge on any atom is -0.298 e. The number of nitrogens with zero attached hydrogens (tertiary/aromatic N) is 1. The summed E-state index contributed by atoms with van der Waals surface area (Å²) in [5.74, 6) is 0.495. The smallest absolute Gasteiger partial charge is 0.258 e. The predicted octanol–water partition coefficient (Wildman–Crippen LogP) is 4.04. The number of carbonyl (C=O) groups excluding carboxylic acids is 1. The van der Waals surface area contributed by atoms with Crippen LogP contribution < -0.4 is 5.32 Å². The Morgan fingerprint density at radius 1 is 1.39 bits per heavy atom. The van der Waals surface area contributed by atoms with Gasteiger partial charge in [-0.1, -0.05) is 12.1 Å². The van der Waals surface area contributed by atoms with Gasteiger partial charge in [0.05, 0.1) is 11.3 Å². The number of halogens is 1. The quantitative estimate of drug-likeness (QED) is 0.926. The van der Waals surface area contributed by atoms with Gasteiger partial charge in [-0.3, -0.25) is 10.1 Å². The van der Waals surface area contributed by atoms with E-state index >= 15 is 0 Å². The van der Waals surface area contributed by atoms with Crippen molar-refractivity contribution in [2.24, 2.45) is 0 Å². The van der Waals surface area contributed by atoms with Crippen LogP contribution in [-0.2, 0) is 0 Å². The van der Waals surface area contributed by atoms with Gasteiger partial charge in [0.15, 0.2) is 5.13 Å². The lowest BCUT2D eigenvalue weighted by atomic mass is 10.2. The van der Waals surface area contributed by atoms with Crippen LogP contribution in [0.1, 0.15) is 34.8 Å². The van der Waals surface area contributed by atoms with E-state index in [-0.39, 0.29) is 5.91 Å². The third-order valence-corrected chi connectivity index (χ3v) is 4.32. The summed E-state index contributed by atoms with van der Waals surface area (Å²) in [4.78, 5) is 16.5. The van der Waals surface area contributed by atoms with Crippen molar-refractivity contribution in [1.29, 1.82) is 0 Å². The molecule has 1 fully saturated rings. The molecule has 2 aromatic rings. The van der Waals surface area contributed by atoms with E-state index in [1.165, 1.54) is 24.2 Å². The molecule has 0 bridgehead atoms. The Morgan fingerprint density at radius 2 is 2.17 bits per heavy atom. The molecular weight excluding hydrogens is 312 g/mol. The number of benzene rings is 1. The Kier molecular flexibility index (Phi) is 3.18. The number of hydrogen-bond acceptors (Lipinski definition) is 3. The summed E-state index contributed by atoms with van der Waals surface area (Å²) in [5.41, 5.74) is 1.74. The molecule has 3 rings (SSSR count). The Balaban J connectivity index is 1.75. The highest BCUT2D eigenvalue weighted by Gasteiger charge is 2.26. The number of amides is 1. The van der Waals surface area contributed by atoms with E-state index in [4.69, 9.17) is 0 Å². The first-order valence-corrected chi connectivity index (χ1v) is 7.42. The number of thiazole rings is 1. The second kappa shape index (κ2) is 4.82. The SMILES string of the molecule is O=C(Nc1nc(C2CC2)cs1)c1ccccc1Br. The van der Waals surface area contributed by atoms with Gasteiger partial charge in [0, 0.05) is 15.8 Å². The average molecular weight is 323 g/mol. The summed E-state index contributed by atoms with van der Waals surface area (Å²) in [6.07, 6.45) is 2.45. The number of nitrogens with one attached hydrogen (secondary N) is 1. The molecule has 0 spiro atoms. The van der Waals surface area contributed by atoms with Crippen LogP contribution >= 0.6 is 27.3 Å². The van der Waals surface area contributed by atoms with Crippen LogP contribution in [0.4, 0.5) is 5.13 Å². The molecule has 92 valence electrons. The zero-order chi connectivity index (χ0) is 12.5. The van der Waals surface area contributed by atoms with Gasteiger partial charge >= 0.3 is 0 Å². The summed E-state index contributed by atoms with van der Waals surface area (Å²) in [6.45, 7) is 0. The lowest BCUT2D eigenvalue weighted by Crippen LogP contribution is -2.12. The van der Waals surface area contributed by atoms with Gasteiger partial charge < -0.3 is 0 Å². The minimum atomic E-state index is -0.126. The van der Waals surface area contributed by atoms with Crippen molar-refractivity contribution in [3.8, 4) is 0 Å². The maximum atomic E-state index is 12.1. The van der Waals surface area contributed by atoms with Gasteiger partial charge in [0.1, 0.15) is 0 Å². The molecule has 1 aliphatic carbocycles. The van der Waals surface area contributed by atoms with E-state index in [1.54, 1.807) is 6.07 Å². The van der Waals surface area contributed by atoms with Gasteiger partial charge in [-0.05, 0) is 40.9 Å². The third kappa shape index (κ3) is 2.47. The zero-order valence-corrected chi connectivity index (χ0v) is 11.9. The maximum Gasteiger partial charge on any atom is 0.258 e. The molecule has 1 heterocycles. The Hall–Kier alpha value is -1.20. The molecule has 1 aliphatic rings. The summed E-state index contributed by atoms with van der Waals surface area (Å²) >= 11 is 4.86. The summed E-state index contributed by atoms with van der Waals surface area (Å²) in [7, 11) is 0. The molecule has 3 nitrogen and oxygen atoms in total. The first-order valence-electron chi connectivity index (χ1n) is 5.75. The van der Waals surface area contributed by atoms with E-state index < -0.39 is 0 Å². The average Bonchev–Trinajstić information content (AvgIpc) is 3.11. The van der Waals surface area contributed by atoms with Gasteiger partial charge in [0.2, 0.25) is 0 Å². The van der Waals surface area contributed by atoms with Crippen molar-refractivity contribution in [2.75, 3.05) is 5.32 Å². The molecule has 1 amide bonds. The van der Waals surface area contributed by atoms with Crippen molar-refractivity contribution < 1.29 is 4.79 Å². The van der Waals surface area contributed by atoms with Crippen molar-refractivity contribution in [1.82, 2.24) is 4.98 Å². The van der Waals surface area contributed by atoms with Gasteiger partial charge in [-0.15, -0.1) is 11.3 Å². The summed E-state index contributed by atoms with van der Waals surface area (Å²) in [5, 5.41) is 5.55. The monoisotopic (exact) mass is 322 g/mol. The molecular formula is C13H11BrN2OS. The lowest BCUT2D eigenvalue weighted by Gasteiger charge is -2.03. The Bertz CT molecular complexity index is 592. The predicted molar refractivity (Wildman–Crippen MR) is 76.2 cm³/mol. The normalized spacial score (nSPS) is 14.5. The molecule has 18 heavy (non-hydrogen) atoms. The Morgan fingerprint density at radius 3 is 2.89 bits per heavy atom. The number of aromatic nitrogens is 1. The number of carbonyl (C=O) groups is 1. The molecule has 1 aromatic carbocycles. The van der Waals surface area contributed by atoms with E-state index in [9.17, 15) is 4.79 Å². The van der Waals surface area contributed by atoms with E-state index in [0.717, 1.165) is 10.2 Å². The summed E-state index contributed by atoms with van der Waals surface area (Å²) in [6, 6.07) is 7.37. The first kappa shape index (κ1) is 11.9. The highest BCUT2D eigenvalue weighted by molar-refractivity contribution is 9.10. The Labute approximate surface area is 117 Å². The zero-order valence-electron chi connectivity index (χ0n) is 9.52. The second-order valence-electron chi connectivity index (χ2n) is 4.29. The first-order chi connectivity index (χ1) is 8.74. The fraction of sp³-hybridized carbons (Fsp3) is 0.231. The van der Waals surface area contributed by atoms with Crippen molar-refractivity contribution in [3.05, 3.63) is 45.4 Å². The molecule has 0 unspecified atom stereocenters. The molecule has 0 radical (unpaired) electrons. The van der Waals surface area contributed by atoms with Crippen molar-refractivity contribution in [3.63, 3.8) is 0 Å². The fourth-order valence-corrected chi connectivity index (χ4v) is 2.97. The molecule has 5 heteroatoms. The molecule has 0 atom stereocenters. The topological polar surface area (TPSA) is 42.0 Å². The molecule has 1 N–H and O–H groups in total. The number of anilines is 1. The fourth-order valence-electron chi connectivity index (χ4n) is 1.72. The number of hydrogen-bond donors (Lipinski definition) is 1. The van der Waals surface area contributed by atoms with Crippen LogP contribution in [0, 0.1) is 0 Å². The van der Waals surface area contributed by atoms with Gasteiger partial charge in [0.25, 0.3) is 5.91 Å². The van der Waals surface area contributed by atoms with Crippen LogP contribution in [-0.4, -0.2) is 10.9 Å². The highest BCUT2D eigenvalue weighted by atomic mass is 79.9. The van der Waals surface area contributed by atoms with Crippen molar-refractivity contribution in [2.45, 2.75) is 18.8 Å². The molecule has 1 aromatic heterocycles. The third-order valence-electron chi connectivity index (χ3n) is 2.86. The molecule has 0 saturated heterocycles. The van der Waals surface area contributed by atoms with Gasteiger partial charge in [-0.2, -0.15) is 0 Å². The van der Waals surface area contributed by atoms with Crippen LogP contribution in [0.25, 0.3) is 0 Å². The van der Waals surface area contributed by atoms with Crippen molar-refractivity contribution >= 4 is 38.3 Å². The van der Waals surface area contributed by atoms with Crippen LogP contribution in [0.15, 0.2) is 34.1 Å². The van der Waals surface area contributed by atoms with Gasteiger partial charge in [-0.25, -0.2) is 4.98 Å². The molecule has 1 saturated carbocycles. The van der Waals surface area contributed by atoms with Crippen LogP contribution in [0.5, 0.6) is 0 Å². The molecule has 0 aliphatic heterocycles. The minimum absolute atomic E-state index is 0.126. The van der Waals surface area contributed by atoms with E-state index in [1.807, 2.05) is 23.6 Å². The maximum absolute atomic E-state index is 12.1. The largest absolute Gasteiger partial charge is 0.298 e. The van der Waals surface area contributed by atoms with E-state index in [0.29, 0.717) is 16.6 Å². The summed E-state index contributed by atoms with van der Waals surface area (Å²) < 4.78 is 0.793. The highest BCUT2D eigenvalue weighted by Crippen LogP contribution is 2.40. The van der Waals surface area contributed by atoms with E-state index in [2.05, 4.69) is 26.2 Å². The standard InChI is InChI=1S/C13H11BrN2OS/c14-10-4-2-1-3-9(10)12(17)16-13-15-11(7-18-13)8-5-6-8/h1-4,7-8H,5-6H2,(H,15,16,17). The lowest BCUT2D eigenvalue weighted by molar-refractivity contribution is 0.102. The van der Waals surface area contributed by atoms with Crippen LogP contribution in [0.2, 0.25) is 0 Å². The second-order valence-corrected chi connectivity index (χ2v) is 6.00. The van der Waals surface area contributed by atoms with Crippen LogP contribution in [0.3, 0.4) is 0 Å². The number of rotatable bonds is 3.